The second kappa shape index (κ2) is 9.12. The Kier molecular flexibility index (Phi) is 9.88. The summed E-state index contributed by atoms with van der Waals surface area (Å²) in [5.74, 6) is -1.11. The molecule has 0 aromatic heterocycles. The van der Waals surface area contributed by atoms with E-state index in [9.17, 15) is 9.59 Å². The molecule has 0 spiro atoms. The van der Waals surface area contributed by atoms with E-state index >= 15 is 0 Å². The van der Waals surface area contributed by atoms with Crippen molar-refractivity contribution in [2.45, 2.75) is 32.4 Å². The monoisotopic (exact) mass is 267 g/mol. The molecule has 0 aromatic carbocycles. The van der Waals surface area contributed by atoms with Gasteiger partial charge in [-0.3, -0.25) is 0 Å². The van der Waals surface area contributed by atoms with Gasteiger partial charge in [-0.15, -0.1) is 0 Å². The Balaban J connectivity index is 0. The number of carbonyl (C=O) groups is 2. The minimum absolute atomic E-state index is 0.0224. The zero-order valence-corrected chi connectivity index (χ0v) is 11.7. The highest BCUT2D eigenvalue weighted by Gasteiger charge is 2.22. The van der Waals surface area contributed by atoms with Gasteiger partial charge in [0.05, 0.1) is 0 Å². The van der Waals surface area contributed by atoms with Crippen LogP contribution in [0.25, 0.3) is 0 Å². The largest absolute Gasteiger partial charge is 0.480 e. The summed E-state index contributed by atoms with van der Waals surface area (Å²) in [7, 11) is 3.25. The van der Waals surface area contributed by atoms with E-state index in [1.807, 2.05) is 0 Å². The highest BCUT2D eigenvalue weighted by Crippen LogP contribution is 2.06. The van der Waals surface area contributed by atoms with Crippen LogP contribution in [0.3, 0.4) is 0 Å². The molecule has 0 heterocycles. The lowest BCUT2D eigenvalue weighted by Crippen LogP contribution is -2.44. The van der Waals surface area contributed by atoms with Crippen molar-refractivity contribution in [2.75, 3.05) is 20.0 Å². The fraction of sp³-hybridized carbons (Fsp3) is 0.800. The first-order chi connectivity index (χ1) is 7.67. The number of alkyl carbamates (subject to hydrolysis) is 1. The summed E-state index contributed by atoms with van der Waals surface area (Å²) >= 11 is 3.79. The minimum atomic E-state index is -1.13. The van der Waals surface area contributed by atoms with Gasteiger partial charge in [0.1, 0.15) is 11.6 Å². The number of methoxy groups -OCH3 is 1. The maximum Gasteiger partial charge on any atom is 0.408 e. The average molecular weight is 267 g/mol. The molecule has 2 N–H and O–H groups in total. The van der Waals surface area contributed by atoms with Gasteiger partial charge in [0.15, 0.2) is 0 Å². The van der Waals surface area contributed by atoms with Crippen molar-refractivity contribution in [1.29, 1.82) is 0 Å². The number of nitrogens with one attached hydrogen (secondary N) is 1. The van der Waals surface area contributed by atoms with Crippen LogP contribution in [-0.4, -0.2) is 48.8 Å². The quantitative estimate of drug-likeness (QED) is 0.668. The van der Waals surface area contributed by atoms with Crippen LogP contribution in [0.4, 0.5) is 4.79 Å². The topological polar surface area (TPSA) is 84.9 Å². The lowest BCUT2D eigenvalue weighted by molar-refractivity contribution is -0.138. The molecule has 6 nitrogen and oxygen atoms in total. The average Bonchev–Trinajstić information content (AvgIpc) is 2.12. The van der Waals surface area contributed by atoms with Crippen molar-refractivity contribution in [2.24, 2.45) is 0 Å². The molecule has 0 aliphatic carbocycles. The summed E-state index contributed by atoms with van der Waals surface area (Å²) < 4.78 is 9.12. The standard InChI is InChI=1S/C8H15NO4S.C2H6O/c1-8(2,3)13-7(12)9-5(4-14)6(10)11;1-3-2/h5,14H,4H2,1-3H3,(H,9,12)(H,10,11);1-2H3/t5-;/m0./s1. The van der Waals surface area contributed by atoms with Crippen molar-refractivity contribution in [3.05, 3.63) is 0 Å². The summed E-state index contributed by atoms with van der Waals surface area (Å²) in [5, 5.41) is 10.8. The molecule has 102 valence electrons. The summed E-state index contributed by atoms with van der Waals surface area (Å²) in [4.78, 5) is 21.6. The first-order valence-corrected chi connectivity index (χ1v) is 5.54. The van der Waals surface area contributed by atoms with Gasteiger partial charge in [-0.25, -0.2) is 9.59 Å². The molecule has 0 radical (unpaired) electrons. The normalized spacial score (nSPS) is 11.9. The van der Waals surface area contributed by atoms with E-state index in [1.165, 1.54) is 0 Å². The van der Waals surface area contributed by atoms with Crippen LogP contribution in [0.1, 0.15) is 20.8 Å². The molecule has 0 fully saturated rings. The van der Waals surface area contributed by atoms with E-state index in [-0.39, 0.29) is 5.75 Å². The Labute approximate surface area is 107 Å². The Morgan fingerprint density at radius 2 is 1.76 bits per heavy atom. The number of amides is 1. The summed E-state index contributed by atoms with van der Waals surface area (Å²) in [5.41, 5.74) is -0.635. The lowest BCUT2D eigenvalue weighted by Gasteiger charge is -2.21. The second-order valence-electron chi connectivity index (χ2n) is 4.13. The molecule has 17 heavy (non-hydrogen) atoms. The first kappa shape index (κ1) is 18.4. The molecular weight excluding hydrogens is 246 g/mol. The molecule has 0 saturated carbocycles. The van der Waals surface area contributed by atoms with E-state index in [0.29, 0.717) is 0 Å². The highest BCUT2D eigenvalue weighted by molar-refractivity contribution is 7.80. The van der Waals surface area contributed by atoms with Crippen molar-refractivity contribution in [1.82, 2.24) is 5.32 Å². The summed E-state index contributed by atoms with van der Waals surface area (Å²) in [6.45, 7) is 5.09. The molecular formula is C10H21NO5S. The van der Waals surface area contributed by atoms with Crippen LogP contribution >= 0.6 is 12.6 Å². The number of ether oxygens (including phenoxy) is 2. The van der Waals surface area contributed by atoms with Gasteiger partial charge in [-0.05, 0) is 20.8 Å². The fourth-order valence-electron chi connectivity index (χ4n) is 0.635. The third-order valence-electron chi connectivity index (χ3n) is 1.17. The zero-order chi connectivity index (χ0) is 14.1. The van der Waals surface area contributed by atoms with Gasteiger partial charge in [-0.1, -0.05) is 0 Å². The number of rotatable bonds is 3. The molecule has 7 heteroatoms. The number of carboxylic acids is 1. The van der Waals surface area contributed by atoms with E-state index < -0.39 is 23.7 Å². The number of hydrogen-bond donors (Lipinski definition) is 3. The number of thiol groups is 1. The lowest BCUT2D eigenvalue weighted by atomic mass is 10.2. The molecule has 0 rings (SSSR count). The van der Waals surface area contributed by atoms with Crippen molar-refractivity contribution < 1.29 is 24.2 Å². The van der Waals surface area contributed by atoms with E-state index in [2.05, 4.69) is 22.7 Å². The van der Waals surface area contributed by atoms with Crippen LogP contribution in [0.15, 0.2) is 0 Å². The SMILES string of the molecule is CC(C)(C)OC(=O)N[C@@H](CS)C(=O)O.COC. The highest BCUT2D eigenvalue weighted by atomic mass is 32.1. The molecule has 0 unspecified atom stereocenters. The number of carboxylic acid groups (broad SMARTS) is 1. The fourth-order valence-corrected chi connectivity index (χ4v) is 0.883. The van der Waals surface area contributed by atoms with Gasteiger partial charge in [0, 0.05) is 20.0 Å². The molecule has 1 atom stereocenters. The first-order valence-electron chi connectivity index (χ1n) is 4.91. The van der Waals surface area contributed by atoms with Crippen molar-refractivity contribution in [3.8, 4) is 0 Å². The van der Waals surface area contributed by atoms with Crippen LogP contribution < -0.4 is 5.32 Å². The minimum Gasteiger partial charge on any atom is -0.480 e. The number of hydrogen-bond acceptors (Lipinski definition) is 5. The molecule has 1 amide bonds. The molecule has 0 saturated heterocycles. The van der Waals surface area contributed by atoms with Crippen LogP contribution in [0, 0.1) is 0 Å². The zero-order valence-electron chi connectivity index (χ0n) is 10.8. The third-order valence-corrected chi connectivity index (χ3v) is 1.54. The Bertz CT molecular complexity index is 239. The Hall–Kier alpha value is -0.950. The second-order valence-corrected chi connectivity index (χ2v) is 4.49. The predicted molar refractivity (Wildman–Crippen MR) is 67.6 cm³/mol. The van der Waals surface area contributed by atoms with Gasteiger partial charge in [0.25, 0.3) is 0 Å². The molecule has 0 bridgehead atoms. The van der Waals surface area contributed by atoms with E-state index in [1.54, 1.807) is 35.0 Å². The van der Waals surface area contributed by atoms with Gasteiger partial charge in [0.2, 0.25) is 0 Å². The van der Waals surface area contributed by atoms with Crippen LogP contribution in [-0.2, 0) is 14.3 Å². The molecule has 0 aromatic rings. The Morgan fingerprint density at radius 3 is 2.00 bits per heavy atom. The molecule has 0 aliphatic heterocycles. The van der Waals surface area contributed by atoms with Gasteiger partial charge < -0.3 is 19.9 Å². The summed E-state index contributed by atoms with van der Waals surface area (Å²) in [6, 6.07) is -1.02. The van der Waals surface area contributed by atoms with Crippen molar-refractivity contribution in [3.63, 3.8) is 0 Å². The maximum atomic E-state index is 11.1. The third kappa shape index (κ3) is 13.0. The van der Waals surface area contributed by atoms with Crippen LogP contribution in [0.5, 0.6) is 0 Å². The number of carbonyl (C=O) groups excluding carboxylic acids is 1. The van der Waals surface area contributed by atoms with Gasteiger partial charge >= 0.3 is 12.1 Å². The van der Waals surface area contributed by atoms with E-state index in [4.69, 9.17) is 9.84 Å². The van der Waals surface area contributed by atoms with Gasteiger partial charge in [-0.2, -0.15) is 12.6 Å². The summed E-state index contributed by atoms with van der Waals surface area (Å²) in [6.07, 6.45) is -0.751. The predicted octanol–water partition coefficient (Wildman–Crippen LogP) is 1.16. The number of aliphatic carboxylic acids is 1. The smallest absolute Gasteiger partial charge is 0.408 e. The van der Waals surface area contributed by atoms with Crippen molar-refractivity contribution >= 4 is 24.7 Å². The Morgan fingerprint density at radius 1 is 1.35 bits per heavy atom. The molecule has 0 aliphatic rings. The van der Waals surface area contributed by atoms with E-state index in [0.717, 1.165) is 0 Å². The van der Waals surface area contributed by atoms with Crippen LogP contribution in [0.2, 0.25) is 0 Å². The maximum absolute atomic E-state index is 11.1.